The number of nitrogens with zero attached hydrogens (tertiary/aromatic N) is 1. The van der Waals surface area contributed by atoms with Gasteiger partial charge in [0.05, 0.1) is 6.04 Å². The number of carbonyl (C=O) groups is 3. The number of carboxylic acid groups (broad SMARTS) is 1. The van der Waals surface area contributed by atoms with Gasteiger partial charge in [-0.15, -0.1) is 0 Å². The summed E-state index contributed by atoms with van der Waals surface area (Å²) >= 11 is 0. The van der Waals surface area contributed by atoms with E-state index >= 15 is 0 Å². The van der Waals surface area contributed by atoms with Crippen LogP contribution in [0.25, 0.3) is 0 Å². The Bertz CT molecular complexity index is 798. The number of amides is 2. The summed E-state index contributed by atoms with van der Waals surface area (Å²) in [5, 5.41) is 30.3. The van der Waals surface area contributed by atoms with E-state index in [0.29, 0.717) is 12.8 Å². The highest BCUT2D eigenvalue weighted by Gasteiger charge is 2.44. The standard InChI is InChI=1S/C21H33BN4O7/c23-17(7-4-10-25-20(30)33-13-15-5-2-1-3-6-15)18(27)26-12-16(8-9-22(31)32)11-21(24,14-26)19(28)29/h1-3,5-6,16-17,31-32H,4,7-14,23-24H2,(H,25,30)(H,28,29)/t16-,17?,21+/m0/s1. The third-order valence-electron chi connectivity index (χ3n) is 5.67. The molecule has 0 spiro atoms. The molecule has 1 aromatic rings. The van der Waals surface area contributed by atoms with E-state index < -0.39 is 36.7 Å². The molecule has 8 N–H and O–H groups in total. The van der Waals surface area contributed by atoms with Crippen molar-refractivity contribution in [3.05, 3.63) is 35.9 Å². The van der Waals surface area contributed by atoms with Crippen molar-refractivity contribution in [3.8, 4) is 0 Å². The van der Waals surface area contributed by atoms with Gasteiger partial charge in [0.1, 0.15) is 12.1 Å². The van der Waals surface area contributed by atoms with Crippen LogP contribution in [0.15, 0.2) is 30.3 Å². The zero-order valence-electron chi connectivity index (χ0n) is 18.6. The Morgan fingerprint density at radius 3 is 2.61 bits per heavy atom. The number of carboxylic acids is 1. The van der Waals surface area contributed by atoms with E-state index in [-0.39, 0.29) is 51.3 Å². The number of hydrogen-bond donors (Lipinski definition) is 6. The molecule has 1 aliphatic rings. The zero-order chi connectivity index (χ0) is 24.4. The predicted octanol–water partition coefficient (Wildman–Crippen LogP) is -0.486. The van der Waals surface area contributed by atoms with Crippen LogP contribution in [0.1, 0.15) is 31.2 Å². The van der Waals surface area contributed by atoms with Crippen molar-refractivity contribution < 1.29 is 34.3 Å². The monoisotopic (exact) mass is 464 g/mol. The van der Waals surface area contributed by atoms with E-state index in [9.17, 15) is 19.5 Å². The largest absolute Gasteiger partial charge is 0.480 e. The van der Waals surface area contributed by atoms with Crippen molar-refractivity contribution in [2.24, 2.45) is 17.4 Å². The third kappa shape index (κ3) is 8.65. The van der Waals surface area contributed by atoms with E-state index in [4.69, 9.17) is 26.3 Å². The summed E-state index contributed by atoms with van der Waals surface area (Å²) in [7, 11) is -1.51. The molecule has 2 amide bonds. The molecule has 1 aromatic carbocycles. The second-order valence-corrected chi connectivity index (χ2v) is 8.55. The van der Waals surface area contributed by atoms with Crippen LogP contribution in [0.4, 0.5) is 4.79 Å². The SMILES string of the molecule is NC(CCCNC(=O)OCc1ccccc1)C(=O)N1C[C@@H](CCB(O)O)C[C@](N)(C(=O)O)C1. The molecular formula is C21H33BN4O7. The normalized spacial score (nSPS) is 21.2. The second kappa shape index (κ2) is 12.5. The first-order valence-electron chi connectivity index (χ1n) is 11.0. The van der Waals surface area contributed by atoms with Gasteiger partial charge in [-0.05, 0) is 37.1 Å². The summed E-state index contributed by atoms with van der Waals surface area (Å²) in [5.74, 6) is -1.94. The zero-order valence-corrected chi connectivity index (χ0v) is 18.6. The number of nitrogens with two attached hydrogens (primary N) is 2. The number of alkyl carbamates (subject to hydrolysis) is 1. The molecule has 0 saturated carbocycles. The van der Waals surface area contributed by atoms with E-state index in [1.807, 2.05) is 30.3 Å². The molecule has 12 heteroatoms. The Kier molecular flexibility index (Phi) is 10.1. The summed E-state index contributed by atoms with van der Waals surface area (Å²) in [6, 6.07) is 8.37. The first kappa shape index (κ1) is 26.6. The molecule has 33 heavy (non-hydrogen) atoms. The lowest BCUT2D eigenvalue weighted by Crippen LogP contribution is -2.64. The van der Waals surface area contributed by atoms with Crippen LogP contribution in [-0.2, 0) is 20.9 Å². The van der Waals surface area contributed by atoms with E-state index in [1.54, 1.807) is 0 Å². The summed E-state index contributed by atoms with van der Waals surface area (Å²) < 4.78 is 5.11. The lowest BCUT2D eigenvalue weighted by atomic mass is 9.75. The van der Waals surface area contributed by atoms with Crippen molar-refractivity contribution in [1.29, 1.82) is 0 Å². The fourth-order valence-corrected chi connectivity index (χ4v) is 3.91. The smallest absolute Gasteiger partial charge is 0.451 e. The first-order valence-corrected chi connectivity index (χ1v) is 11.0. The number of aliphatic carboxylic acids is 1. The van der Waals surface area contributed by atoms with Crippen LogP contribution >= 0.6 is 0 Å². The van der Waals surface area contributed by atoms with Gasteiger partial charge in [-0.1, -0.05) is 36.8 Å². The van der Waals surface area contributed by atoms with Crippen LogP contribution in [0.2, 0.25) is 6.32 Å². The third-order valence-corrected chi connectivity index (χ3v) is 5.67. The van der Waals surface area contributed by atoms with Gasteiger partial charge < -0.3 is 41.6 Å². The molecule has 1 unspecified atom stereocenters. The molecular weight excluding hydrogens is 431 g/mol. The highest BCUT2D eigenvalue weighted by molar-refractivity contribution is 6.40. The highest BCUT2D eigenvalue weighted by Crippen LogP contribution is 2.28. The topological polar surface area (TPSA) is 188 Å². The van der Waals surface area contributed by atoms with Crippen LogP contribution in [0.5, 0.6) is 0 Å². The minimum absolute atomic E-state index is 0.0560. The van der Waals surface area contributed by atoms with Crippen molar-refractivity contribution >= 4 is 25.1 Å². The minimum atomic E-state index is -1.62. The fourth-order valence-electron chi connectivity index (χ4n) is 3.91. The van der Waals surface area contributed by atoms with Gasteiger partial charge in [0.15, 0.2) is 0 Å². The van der Waals surface area contributed by atoms with Gasteiger partial charge >= 0.3 is 19.2 Å². The molecule has 2 rings (SSSR count). The maximum atomic E-state index is 12.8. The summed E-state index contributed by atoms with van der Waals surface area (Å²) in [6.45, 7) is 0.493. The number of benzene rings is 1. The number of rotatable bonds is 11. The van der Waals surface area contributed by atoms with Crippen LogP contribution < -0.4 is 16.8 Å². The van der Waals surface area contributed by atoms with Gasteiger partial charge in [-0.3, -0.25) is 9.59 Å². The van der Waals surface area contributed by atoms with E-state index in [1.165, 1.54) is 4.90 Å². The Morgan fingerprint density at radius 2 is 1.97 bits per heavy atom. The maximum absolute atomic E-state index is 12.8. The molecule has 1 fully saturated rings. The summed E-state index contributed by atoms with van der Waals surface area (Å²) in [6.07, 6.45) is 0.632. The fraction of sp³-hybridized carbons (Fsp3) is 0.571. The first-order chi connectivity index (χ1) is 15.6. The number of likely N-dealkylation sites (tertiary alicyclic amines) is 1. The van der Waals surface area contributed by atoms with Crippen molar-refractivity contribution in [2.75, 3.05) is 19.6 Å². The average Bonchev–Trinajstić information content (AvgIpc) is 2.78. The summed E-state index contributed by atoms with van der Waals surface area (Å²) in [5.41, 5.74) is 11.3. The van der Waals surface area contributed by atoms with Gasteiger partial charge in [-0.25, -0.2) is 4.79 Å². The average molecular weight is 464 g/mol. The lowest BCUT2D eigenvalue weighted by Gasteiger charge is -2.42. The van der Waals surface area contributed by atoms with Crippen LogP contribution in [0.3, 0.4) is 0 Å². The molecule has 182 valence electrons. The predicted molar refractivity (Wildman–Crippen MR) is 121 cm³/mol. The quantitative estimate of drug-likeness (QED) is 0.186. The van der Waals surface area contributed by atoms with Crippen molar-refractivity contribution in [3.63, 3.8) is 0 Å². The molecule has 0 radical (unpaired) electrons. The number of hydrogen-bond acceptors (Lipinski definition) is 8. The van der Waals surface area contributed by atoms with E-state index in [0.717, 1.165) is 5.56 Å². The Labute approximate surface area is 193 Å². The van der Waals surface area contributed by atoms with Gasteiger partial charge in [0, 0.05) is 19.6 Å². The highest BCUT2D eigenvalue weighted by atomic mass is 16.5. The Balaban J connectivity index is 1.78. The molecule has 1 saturated heterocycles. The Morgan fingerprint density at radius 1 is 1.27 bits per heavy atom. The van der Waals surface area contributed by atoms with Gasteiger partial charge in [0.25, 0.3) is 0 Å². The maximum Gasteiger partial charge on any atom is 0.451 e. The molecule has 11 nitrogen and oxygen atoms in total. The number of carbonyl (C=O) groups excluding carboxylic acids is 2. The molecule has 0 aromatic heterocycles. The van der Waals surface area contributed by atoms with Crippen molar-refractivity contribution in [1.82, 2.24) is 10.2 Å². The molecule has 1 aliphatic heterocycles. The summed E-state index contributed by atoms with van der Waals surface area (Å²) in [4.78, 5) is 37.6. The van der Waals surface area contributed by atoms with Crippen LogP contribution in [-0.4, -0.2) is 76.4 Å². The number of piperidine rings is 1. The number of ether oxygens (including phenoxy) is 1. The number of nitrogens with one attached hydrogen (secondary N) is 1. The van der Waals surface area contributed by atoms with E-state index in [2.05, 4.69) is 5.32 Å². The lowest BCUT2D eigenvalue weighted by molar-refractivity contribution is -0.149. The molecule has 0 aliphatic carbocycles. The minimum Gasteiger partial charge on any atom is -0.480 e. The molecule has 3 atom stereocenters. The second-order valence-electron chi connectivity index (χ2n) is 8.55. The molecule has 1 heterocycles. The molecule has 0 bridgehead atoms. The Hall–Kier alpha value is -2.67. The van der Waals surface area contributed by atoms with Gasteiger partial charge in [0.2, 0.25) is 5.91 Å². The van der Waals surface area contributed by atoms with Crippen molar-refractivity contribution in [2.45, 2.75) is 50.2 Å². The van der Waals surface area contributed by atoms with Gasteiger partial charge in [-0.2, -0.15) is 0 Å². The van der Waals surface area contributed by atoms with Crippen LogP contribution in [0, 0.1) is 5.92 Å².